The molecule has 6 nitrogen and oxygen atoms in total. The van der Waals surface area contributed by atoms with Gasteiger partial charge in [0.15, 0.2) is 0 Å². The van der Waals surface area contributed by atoms with Crippen LogP contribution in [0.3, 0.4) is 0 Å². The predicted molar refractivity (Wildman–Crippen MR) is 84.4 cm³/mol. The van der Waals surface area contributed by atoms with Crippen LogP contribution < -0.4 is 10.6 Å². The first-order valence-electron chi connectivity index (χ1n) is 6.71. The number of sulfone groups is 1. The molecule has 1 aromatic rings. The SMILES string of the molecule is CCS(=O)(=O)CCCOC(=O)c1cc(N)ccc1N(C)C. The normalized spacial score (nSPS) is 11.2. The van der Waals surface area contributed by atoms with Gasteiger partial charge in [-0.15, -0.1) is 0 Å². The molecule has 0 aliphatic rings. The number of hydrogen-bond acceptors (Lipinski definition) is 6. The van der Waals surface area contributed by atoms with E-state index in [9.17, 15) is 13.2 Å². The van der Waals surface area contributed by atoms with Crippen molar-refractivity contribution < 1.29 is 17.9 Å². The maximum Gasteiger partial charge on any atom is 0.340 e. The van der Waals surface area contributed by atoms with Crippen LogP contribution in [0.4, 0.5) is 11.4 Å². The van der Waals surface area contributed by atoms with E-state index in [2.05, 4.69) is 0 Å². The van der Waals surface area contributed by atoms with Gasteiger partial charge in [-0.2, -0.15) is 0 Å². The molecule has 0 unspecified atom stereocenters. The van der Waals surface area contributed by atoms with Crippen LogP contribution in [-0.4, -0.2) is 46.6 Å². The molecule has 0 aliphatic carbocycles. The van der Waals surface area contributed by atoms with Gasteiger partial charge in [0.25, 0.3) is 0 Å². The molecular weight excluding hydrogens is 292 g/mol. The summed E-state index contributed by atoms with van der Waals surface area (Å²) in [5.41, 5.74) is 7.24. The molecule has 1 rings (SSSR count). The topological polar surface area (TPSA) is 89.7 Å². The summed E-state index contributed by atoms with van der Waals surface area (Å²) in [5, 5.41) is 0. The second-order valence-electron chi connectivity index (χ2n) is 4.90. The Morgan fingerprint density at radius 3 is 2.57 bits per heavy atom. The number of nitrogens with two attached hydrogens (primary N) is 1. The number of anilines is 2. The van der Waals surface area contributed by atoms with Gasteiger partial charge in [-0.05, 0) is 24.6 Å². The standard InChI is InChI=1S/C14H22N2O4S/c1-4-21(18,19)9-5-8-20-14(17)12-10-11(15)6-7-13(12)16(2)3/h6-7,10H,4-5,8-9,15H2,1-3H3. The minimum absolute atomic E-state index is 0.0221. The van der Waals surface area contributed by atoms with Gasteiger partial charge in [0, 0.05) is 25.5 Å². The number of hydrogen-bond donors (Lipinski definition) is 1. The van der Waals surface area contributed by atoms with Gasteiger partial charge < -0.3 is 15.4 Å². The van der Waals surface area contributed by atoms with Crippen LogP contribution in [-0.2, 0) is 14.6 Å². The fourth-order valence-corrected chi connectivity index (χ4v) is 2.62. The molecule has 0 saturated heterocycles. The summed E-state index contributed by atoms with van der Waals surface area (Å²) < 4.78 is 27.8. The molecule has 0 aliphatic heterocycles. The molecule has 0 amide bonds. The fourth-order valence-electron chi connectivity index (χ4n) is 1.77. The highest BCUT2D eigenvalue weighted by Crippen LogP contribution is 2.22. The monoisotopic (exact) mass is 314 g/mol. The lowest BCUT2D eigenvalue weighted by Gasteiger charge is -2.17. The molecule has 0 bridgehead atoms. The van der Waals surface area contributed by atoms with Crippen LogP contribution >= 0.6 is 0 Å². The lowest BCUT2D eigenvalue weighted by molar-refractivity contribution is 0.0506. The molecular formula is C14H22N2O4S. The average molecular weight is 314 g/mol. The van der Waals surface area contributed by atoms with Crippen LogP contribution in [0.25, 0.3) is 0 Å². The maximum atomic E-state index is 12.1. The van der Waals surface area contributed by atoms with Crippen LogP contribution in [0.2, 0.25) is 0 Å². The van der Waals surface area contributed by atoms with Gasteiger partial charge in [0.1, 0.15) is 9.84 Å². The fraction of sp³-hybridized carbons (Fsp3) is 0.500. The van der Waals surface area contributed by atoms with E-state index >= 15 is 0 Å². The molecule has 0 saturated carbocycles. The molecule has 0 spiro atoms. The number of benzene rings is 1. The molecule has 0 atom stereocenters. The van der Waals surface area contributed by atoms with Gasteiger partial charge in [-0.1, -0.05) is 6.92 Å². The van der Waals surface area contributed by atoms with Crippen molar-refractivity contribution in [3.05, 3.63) is 23.8 Å². The Morgan fingerprint density at radius 1 is 1.33 bits per heavy atom. The van der Waals surface area contributed by atoms with Gasteiger partial charge >= 0.3 is 5.97 Å². The second-order valence-corrected chi connectivity index (χ2v) is 7.37. The van der Waals surface area contributed by atoms with E-state index in [0.29, 0.717) is 23.4 Å². The van der Waals surface area contributed by atoms with Crippen molar-refractivity contribution in [2.24, 2.45) is 0 Å². The Bertz CT molecular complexity index is 597. The molecule has 0 radical (unpaired) electrons. The zero-order valence-electron chi connectivity index (χ0n) is 12.6. The van der Waals surface area contributed by atoms with Gasteiger partial charge in [-0.25, -0.2) is 13.2 Å². The Morgan fingerprint density at radius 2 is 2.00 bits per heavy atom. The van der Waals surface area contributed by atoms with E-state index in [-0.39, 0.29) is 18.1 Å². The molecule has 7 heteroatoms. The van der Waals surface area contributed by atoms with Gasteiger partial charge in [-0.3, -0.25) is 0 Å². The van der Waals surface area contributed by atoms with E-state index in [1.165, 1.54) is 0 Å². The zero-order chi connectivity index (χ0) is 16.0. The number of nitrogen functional groups attached to an aromatic ring is 1. The van der Waals surface area contributed by atoms with Crippen molar-refractivity contribution >= 4 is 27.2 Å². The minimum Gasteiger partial charge on any atom is -0.462 e. The van der Waals surface area contributed by atoms with Crippen molar-refractivity contribution in [3.63, 3.8) is 0 Å². The van der Waals surface area contributed by atoms with Crippen LogP contribution in [0.1, 0.15) is 23.7 Å². The quantitative estimate of drug-likeness (QED) is 0.464. The van der Waals surface area contributed by atoms with Gasteiger partial charge in [0.2, 0.25) is 0 Å². The predicted octanol–water partition coefficient (Wildman–Crippen LogP) is 1.32. The molecule has 0 fully saturated rings. The summed E-state index contributed by atoms with van der Waals surface area (Å²) in [6, 6.07) is 5.01. The summed E-state index contributed by atoms with van der Waals surface area (Å²) in [7, 11) is 0.601. The summed E-state index contributed by atoms with van der Waals surface area (Å²) in [5.74, 6) is -0.380. The summed E-state index contributed by atoms with van der Waals surface area (Å²) >= 11 is 0. The van der Waals surface area contributed by atoms with Crippen LogP contribution in [0, 0.1) is 0 Å². The number of esters is 1. The number of nitrogens with zero attached hydrogens (tertiary/aromatic N) is 1. The largest absolute Gasteiger partial charge is 0.462 e. The Hall–Kier alpha value is -1.76. The average Bonchev–Trinajstić information content (AvgIpc) is 2.43. The molecule has 118 valence electrons. The Balaban J connectivity index is 2.66. The zero-order valence-corrected chi connectivity index (χ0v) is 13.4. The molecule has 0 aromatic heterocycles. The van der Waals surface area contributed by atoms with E-state index in [1.54, 1.807) is 30.0 Å². The van der Waals surface area contributed by atoms with E-state index in [4.69, 9.17) is 10.5 Å². The van der Waals surface area contributed by atoms with Crippen molar-refractivity contribution in [3.8, 4) is 0 Å². The third kappa shape index (κ3) is 5.26. The minimum atomic E-state index is -3.03. The van der Waals surface area contributed by atoms with Gasteiger partial charge in [0.05, 0.1) is 23.6 Å². The summed E-state index contributed by atoms with van der Waals surface area (Å²) in [6.45, 7) is 1.66. The van der Waals surface area contributed by atoms with Crippen molar-refractivity contribution in [1.82, 2.24) is 0 Å². The summed E-state index contributed by atoms with van der Waals surface area (Å²) in [4.78, 5) is 13.9. The third-order valence-electron chi connectivity index (χ3n) is 2.99. The Labute approximate surface area is 125 Å². The molecule has 0 heterocycles. The van der Waals surface area contributed by atoms with Crippen LogP contribution in [0.15, 0.2) is 18.2 Å². The van der Waals surface area contributed by atoms with E-state index in [1.807, 2.05) is 14.1 Å². The lowest BCUT2D eigenvalue weighted by Crippen LogP contribution is -2.17. The molecule has 21 heavy (non-hydrogen) atoms. The number of carbonyl (C=O) groups excluding carboxylic acids is 1. The lowest BCUT2D eigenvalue weighted by atomic mass is 10.1. The third-order valence-corrected chi connectivity index (χ3v) is 4.79. The number of ether oxygens (including phenoxy) is 1. The highest BCUT2D eigenvalue weighted by molar-refractivity contribution is 7.91. The highest BCUT2D eigenvalue weighted by Gasteiger charge is 2.15. The number of carbonyl (C=O) groups is 1. The highest BCUT2D eigenvalue weighted by atomic mass is 32.2. The molecule has 2 N–H and O–H groups in total. The maximum absolute atomic E-state index is 12.1. The van der Waals surface area contributed by atoms with Crippen molar-refractivity contribution in [2.45, 2.75) is 13.3 Å². The van der Waals surface area contributed by atoms with Crippen molar-refractivity contribution in [2.75, 3.05) is 42.8 Å². The molecule has 1 aromatic carbocycles. The first-order chi connectivity index (χ1) is 9.76. The van der Waals surface area contributed by atoms with E-state index < -0.39 is 15.8 Å². The smallest absolute Gasteiger partial charge is 0.340 e. The van der Waals surface area contributed by atoms with E-state index in [0.717, 1.165) is 0 Å². The second kappa shape index (κ2) is 7.31. The Kier molecular flexibility index (Phi) is 6.02. The van der Waals surface area contributed by atoms with Crippen molar-refractivity contribution in [1.29, 1.82) is 0 Å². The number of rotatable bonds is 7. The first kappa shape index (κ1) is 17.3. The summed E-state index contributed by atoms with van der Waals surface area (Å²) in [6.07, 6.45) is 0.293. The van der Waals surface area contributed by atoms with Crippen LogP contribution in [0.5, 0.6) is 0 Å². The first-order valence-corrected chi connectivity index (χ1v) is 8.53.